The lowest BCUT2D eigenvalue weighted by Crippen LogP contribution is -2.07. The molecule has 2 heterocycles. The molecule has 2 aromatic heterocycles. The molecule has 3 rings (SSSR count). The minimum absolute atomic E-state index is 0.341. The number of nitrogens with zero attached hydrogens (tertiary/aromatic N) is 3. The molecule has 0 radical (unpaired) electrons. The molecule has 0 bridgehead atoms. The van der Waals surface area contributed by atoms with Gasteiger partial charge in [-0.25, -0.2) is 14.3 Å². The number of hydrogen-bond donors (Lipinski definition) is 1. The van der Waals surface area contributed by atoms with E-state index in [1.165, 1.54) is 0 Å². The molecule has 0 aliphatic rings. The first-order valence-corrected chi connectivity index (χ1v) is 9.46. The van der Waals surface area contributed by atoms with E-state index >= 15 is 0 Å². The molecule has 0 saturated carbocycles. The monoisotopic (exact) mass is 414 g/mol. The summed E-state index contributed by atoms with van der Waals surface area (Å²) in [6, 6.07) is 7.44. The van der Waals surface area contributed by atoms with Crippen molar-refractivity contribution < 1.29 is 23.8 Å². The van der Waals surface area contributed by atoms with Crippen molar-refractivity contribution in [3.63, 3.8) is 0 Å². The van der Waals surface area contributed by atoms with Crippen molar-refractivity contribution in [2.45, 2.75) is 27.7 Å². The molecule has 0 unspecified atom stereocenters. The normalized spacial score (nSPS) is 10.0. The number of rotatable bonds is 6. The van der Waals surface area contributed by atoms with E-state index in [4.69, 9.17) is 14.2 Å². The number of H-pyrrole nitrogens is 1. The second kappa shape index (κ2) is 10.8. The summed E-state index contributed by atoms with van der Waals surface area (Å²) in [6.07, 6.45) is 3.39. The molecule has 3 aromatic rings. The molecule has 9 heteroatoms. The van der Waals surface area contributed by atoms with Crippen molar-refractivity contribution in [2.75, 3.05) is 20.3 Å². The summed E-state index contributed by atoms with van der Waals surface area (Å²) in [7, 11) is 1.62. The lowest BCUT2D eigenvalue weighted by atomic mass is 10.3. The highest BCUT2D eigenvalue weighted by Crippen LogP contribution is 2.16. The molecule has 0 aliphatic heterocycles. The number of nitrogens with one attached hydrogen (secondary N) is 1. The molecule has 9 nitrogen and oxygen atoms in total. The molecule has 0 aliphatic carbocycles. The third kappa shape index (κ3) is 5.69. The van der Waals surface area contributed by atoms with Gasteiger partial charge in [0.15, 0.2) is 5.69 Å². The average Bonchev–Trinajstić information content (AvgIpc) is 3.34. The second-order valence-corrected chi connectivity index (χ2v) is 6.17. The van der Waals surface area contributed by atoms with Gasteiger partial charge in [0.1, 0.15) is 11.4 Å². The Labute approximate surface area is 175 Å². The number of benzene rings is 1. The Kier molecular flexibility index (Phi) is 8.16. The maximum Gasteiger partial charge on any atom is 0.359 e. The largest absolute Gasteiger partial charge is 0.497 e. The Bertz CT molecular complexity index is 976. The molecular weight excluding hydrogens is 388 g/mol. The predicted octanol–water partition coefficient (Wildman–Crippen LogP) is 3.26. The van der Waals surface area contributed by atoms with Crippen molar-refractivity contribution in [1.29, 1.82) is 0 Å². The van der Waals surface area contributed by atoms with E-state index in [2.05, 4.69) is 15.3 Å². The van der Waals surface area contributed by atoms with Gasteiger partial charge in [-0.3, -0.25) is 5.10 Å². The highest BCUT2D eigenvalue weighted by Gasteiger charge is 2.15. The third-order valence-electron chi connectivity index (χ3n) is 4.01. The summed E-state index contributed by atoms with van der Waals surface area (Å²) >= 11 is 0. The van der Waals surface area contributed by atoms with Crippen LogP contribution in [0.15, 0.2) is 36.7 Å². The van der Waals surface area contributed by atoms with Crippen molar-refractivity contribution in [1.82, 2.24) is 20.0 Å². The first kappa shape index (κ1) is 22.7. The molecule has 0 atom stereocenters. The van der Waals surface area contributed by atoms with Crippen LogP contribution in [0.4, 0.5) is 0 Å². The summed E-state index contributed by atoms with van der Waals surface area (Å²) < 4.78 is 16.5. The second-order valence-electron chi connectivity index (χ2n) is 6.17. The zero-order chi connectivity index (χ0) is 22.1. The number of methoxy groups -OCH3 is 1. The van der Waals surface area contributed by atoms with Crippen LogP contribution in [0.2, 0.25) is 0 Å². The molecule has 160 valence electrons. The number of carbonyl (C=O) groups excluding carboxylic acids is 2. The molecule has 1 aromatic carbocycles. The Morgan fingerprint density at radius 3 is 2.17 bits per heavy atom. The van der Waals surface area contributed by atoms with E-state index in [-0.39, 0.29) is 5.97 Å². The fourth-order valence-electron chi connectivity index (χ4n) is 2.48. The molecule has 0 saturated heterocycles. The van der Waals surface area contributed by atoms with E-state index < -0.39 is 5.97 Å². The summed E-state index contributed by atoms with van der Waals surface area (Å²) in [5.41, 5.74) is 3.24. The topological polar surface area (TPSA) is 108 Å². The maximum atomic E-state index is 11.7. The van der Waals surface area contributed by atoms with Gasteiger partial charge in [-0.2, -0.15) is 10.2 Å². The van der Waals surface area contributed by atoms with Crippen LogP contribution in [-0.4, -0.2) is 52.2 Å². The van der Waals surface area contributed by atoms with Crippen LogP contribution in [0.5, 0.6) is 5.75 Å². The zero-order valence-electron chi connectivity index (χ0n) is 17.8. The minimum atomic E-state index is -0.396. The van der Waals surface area contributed by atoms with Gasteiger partial charge in [-0.05, 0) is 52.0 Å². The van der Waals surface area contributed by atoms with Crippen LogP contribution >= 0.6 is 0 Å². The van der Waals surface area contributed by atoms with Crippen LogP contribution in [0.25, 0.3) is 5.69 Å². The Morgan fingerprint density at radius 2 is 1.63 bits per heavy atom. The van der Waals surface area contributed by atoms with Crippen LogP contribution in [0, 0.1) is 13.8 Å². The number of esters is 2. The molecule has 0 amide bonds. The number of hydrogen-bond acceptors (Lipinski definition) is 7. The third-order valence-corrected chi connectivity index (χ3v) is 4.01. The van der Waals surface area contributed by atoms with E-state index in [9.17, 15) is 9.59 Å². The Morgan fingerprint density at radius 1 is 1.00 bits per heavy atom. The summed E-state index contributed by atoms with van der Waals surface area (Å²) in [6.45, 7) is 7.90. The number of aryl methyl sites for hydroxylation is 2. The van der Waals surface area contributed by atoms with Gasteiger partial charge in [0.2, 0.25) is 0 Å². The van der Waals surface area contributed by atoms with Gasteiger partial charge in [-0.1, -0.05) is 0 Å². The molecule has 0 spiro atoms. The Hall–Kier alpha value is -3.62. The van der Waals surface area contributed by atoms with Crippen molar-refractivity contribution >= 4 is 11.9 Å². The number of carbonyl (C=O) groups is 2. The fraction of sp³-hybridized carbons (Fsp3) is 0.333. The maximum absolute atomic E-state index is 11.7. The zero-order valence-corrected chi connectivity index (χ0v) is 17.8. The number of ether oxygens (including phenoxy) is 3. The smallest absolute Gasteiger partial charge is 0.359 e. The molecule has 30 heavy (non-hydrogen) atoms. The van der Waals surface area contributed by atoms with E-state index in [0.29, 0.717) is 24.6 Å². The average molecular weight is 414 g/mol. The number of aromatic nitrogens is 4. The van der Waals surface area contributed by atoms with Crippen LogP contribution in [0.3, 0.4) is 0 Å². The lowest BCUT2D eigenvalue weighted by molar-refractivity contribution is 0.0508. The minimum Gasteiger partial charge on any atom is -0.497 e. The summed E-state index contributed by atoms with van der Waals surface area (Å²) in [5, 5.41) is 10.5. The quantitative estimate of drug-likeness (QED) is 0.617. The van der Waals surface area contributed by atoms with Crippen LogP contribution in [0.1, 0.15) is 46.0 Å². The number of aromatic amines is 1. The first-order valence-electron chi connectivity index (χ1n) is 9.46. The highest BCUT2D eigenvalue weighted by molar-refractivity contribution is 5.89. The highest BCUT2D eigenvalue weighted by atomic mass is 16.5. The van der Waals surface area contributed by atoms with Crippen molar-refractivity contribution in [2.24, 2.45) is 0 Å². The van der Waals surface area contributed by atoms with Crippen molar-refractivity contribution in [3.05, 3.63) is 59.2 Å². The van der Waals surface area contributed by atoms with Crippen LogP contribution < -0.4 is 4.74 Å². The fourth-order valence-corrected chi connectivity index (χ4v) is 2.48. The van der Waals surface area contributed by atoms with Crippen molar-refractivity contribution in [3.8, 4) is 11.4 Å². The van der Waals surface area contributed by atoms with Gasteiger partial charge in [0.25, 0.3) is 0 Å². The van der Waals surface area contributed by atoms with Gasteiger partial charge in [0.05, 0.1) is 32.2 Å². The SMILES string of the molecule is CCOC(=O)c1[nH]ncc1C.CCOC(=O)c1nn(-c2ccc(OC)cc2)cc1C. The molecular formula is C21H26N4O5. The van der Waals surface area contributed by atoms with E-state index in [1.807, 2.05) is 31.2 Å². The lowest BCUT2D eigenvalue weighted by Gasteiger charge is -2.03. The molecule has 0 fully saturated rings. The van der Waals surface area contributed by atoms with Crippen LogP contribution in [-0.2, 0) is 9.47 Å². The summed E-state index contributed by atoms with van der Waals surface area (Å²) in [4.78, 5) is 22.7. The van der Waals surface area contributed by atoms with Gasteiger partial charge >= 0.3 is 11.9 Å². The standard InChI is InChI=1S/C14H16N2O3.C7H10N2O2/c1-4-19-14(17)13-10(2)9-16(15-13)11-5-7-12(18-3)8-6-11;1-3-11-7(10)6-5(2)4-8-9-6/h5-9H,4H2,1-3H3;4H,3H2,1-2H3,(H,8,9). The van der Waals surface area contributed by atoms with Gasteiger partial charge in [-0.15, -0.1) is 0 Å². The van der Waals surface area contributed by atoms with Gasteiger partial charge in [0, 0.05) is 17.3 Å². The Balaban J connectivity index is 0.000000248. The first-order chi connectivity index (χ1) is 14.4. The van der Waals surface area contributed by atoms with Gasteiger partial charge < -0.3 is 14.2 Å². The summed E-state index contributed by atoms with van der Waals surface area (Å²) in [5.74, 6) is 0.0352. The predicted molar refractivity (Wildman–Crippen MR) is 110 cm³/mol. The van der Waals surface area contributed by atoms with E-state index in [0.717, 1.165) is 22.6 Å². The molecule has 1 N–H and O–H groups in total. The van der Waals surface area contributed by atoms with E-state index in [1.54, 1.807) is 45.0 Å².